The van der Waals surface area contributed by atoms with Gasteiger partial charge in [0.1, 0.15) is 11.6 Å². The molecule has 0 aliphatic carbocycles. The minimum Gasteiger partial charge on any atom is -0.497 e. The van der Waals surface area contributed by atoms with Gasteiger partial charge in [-0.15, -0.1) is 11.3 Å². The van der Waals surface area contributed by atoms with Crippen LogP contribution in [0, 0.1) is 0 Å². The molecule has 1 aliphatic rings. The van der Waals surface area contributed by atoms with Gasteiger partial charge in [-0.1, -0.05) is 30.3 Å². The van der Waals surface area contributed by atoms with Crippen molar-refractivity contribution < 1.29 is 9.53 Å². The van der Waals surface area contributed by atoms with Crippen LogP contribution in [0.2, 0.25) is 0 Å². The highest BCUT2D eigenvalue weighted by molar-refractivity contribution is 7.10. The van der Waals surface area contributed by atoms with E-state index in [0.29, 0.717) is 12.3 Å². The van der Waals surface area contributed by atoms with Crippen LogP contribution in [0.4, 0.5) is 11.4 Å². The molecule has 0 bridgehead atoms. The Hall–Kier alpha value is -3.25. The third-order valence-corrected chi connectivity index (χ3v) is 5.62. The van der Waals surface area contributed by atoms with Gasteiger partial charge in [0, 0.05) is 10.6 Å². The number of fused-ring (bicyclic) bond motifs is 1. The summed E-state index contributed by atoms with van der Waals surface area (Å²) in [5, 5.41) is 5.02. The van der Waals surface area contributed by atoms with Gasteiger partial charge < -0.3 is 10.1 Å². The van der Waals surface area contributed by atoms with E-state index in [2.05, 4.69) is 5.32 Å². The molecule has 2 aromatic carbocycles. The zero-order valence-corrected chi connectivity index (χ0v) is 17.1. The molecule has 0 radical (unpaired) electrons. The van der Waals surface area contributed by atoms with Crippen LogP contribution in [-0.4, -0.2) is 24.6 Å². The summed E-state index contributed by atoms with van der Waals surface area (Å²) < 4.78 is 5.28. The van der Waals surface area contributed by atoms with Crippen molar-refractivity contribution in [1.82, 2.24) is 5.32 Å². The summed E-state index contributed by atoms with van der Waals surface area (Å²) in [6, 6.07) is 19.4. The number of nitrogens with one attached hydrogen (secondary N) is 1. The molecule has 0 spiro atoms. The van der Waals surface area contributed by atoms with Crippen molar-refractivity contribution in [3.8, 4) is 5.75 Å². The standard InChI is InChI=1S/C23H21N3O2S/c1-15-22(16-9-11-17(28-2)12-10-16)23(25-20-8-4-3-7-19(20)24-15)26-21(27)14-18-6-5-13-29-18/h3-13,22H,14H2,1-2H3,(H,25,26,27)/t22-/m1/s1. The molecule has 0 fully saturated rings. The summed E-state index contributed by atoms with van der Waals surface area (Å²) in [5.74, 6) is 1.03. The predicted octanol–water partition coefficient (Wildman–Crippen LogP) is 5.04. The number of para-hydroxylation sites is 2. The molecule has 1 amide bonds. The number of amidine groups is 1. The van der Waals surface area contributed by atoms with Gasteiger partial charge in [0.2, 0.25) is 5.91 Å². The number of benzene rings is 2. The van der Waals surface area contributed by atoms with E-state index in [-0.39, 0.29) is 11.8 Å². The maximum atomic E-state index is 12.7. The Balaban J connectivity index is 1.72. The first-order valence-corrected chi connectivity index (χ1v) is 10.2. The number of carbonyl (C=O) groups excluding carboxylic acids is 1. The molecule has 29 heavy (non-hydrogen) atoms. The fourth-order valence-electron chi connectivity index (χ4n) is 3.35. The maximum Gasteiger partial charge on any atom is 0.230 e. The van der Waals surface area contributed by atoms with Gasteiger partial charge in [0.25, 0.3) is 0 Å². The van der Waals surface area contributed by atoms with E-state index in [1.165, 1.54) is 0 Å². The molecule has 4 rings (SSSR count). The monoisotopic (exact) mass is 403 g/mol. The van der Waals surface area contributed by atoms with E-state index < -0.39 is 0 Å². The Kier molecular flexibility index (Phi) is 5.53. The summed E-state index contributed by atoms with van der Waals surface area (Å²) in [4.78, 5) is 23.4. The lowest BCUT2D eigenvalue weighted by Crippen LogP contribution is -2.37. The van der Waals surface area contributed by atoms with Crippen LogP contribution < -0.4 is 10.1 Å². The van der Waals surface area contributed by atoms with Crippen LogP contribution in [0.1, 0.15) is 23.3 Å². The van der Waals surface area contributed by atoms with Crippen LogP contribution in [0.3, 0.4) is 0 Å². The van der Waals surface area contributed by atoms with Crippen molar-refractivity contribution in [2.75, 3.05) is 7.11 Å². The summed E-state index contributed by atoms with van der Waals surface area (Å²) in [5.41, 5.74) is 3.41. The second-order valence-corrected chi connectivity index (χ2v) is 7.78. The summed E-state index contributed by atoms with van der Waals surface area (Å²) in [7, 11) is 1.64. The number of amides is 1. The molecule has 2 heterocycles. The van der Waals surface area contributed by atoms with E-state index >= 15 is 0 Å². The van der Waals surface area contributed by atoms with Gasteiger partial charge >= 0.3 is 0 Å². The van der Waals surface area contributed by atoms with E-state index in [4.69, 9.17) is 14.7 Å². The fraction of sp³-hybridized carbons (Fsp3) is 0.174. The molecule has 0 saturated carbocycles. The number of methoxy groups -OCH3 is 1. The van der Waals surface area contributed by atoms with E-state index in [1.807, 2.05) is 73.0 Å². The molecular weight excluding hydrogens is 382 g/mol. The first-order valence-electron chi connectivity index (χ1n) is 9.33. The summed E-state index contributed by atoms with van der Waals surface area (Å²) in [6.07, 6.45) is 0.323. The molecular formula is C23H21N3O2S. The van der Waals surface area contributed by atoms with Gasteiger partial charge in [-0.25, -0.2) is 4.99 Å². The number of nitrogens with zero attached hydrogens (tertiary/aromatic N) is 2. The summed E-state index contributed by atoms with van der Waals surface area (Å²) in [6.45, 7) is 1.97. The Morgan fingerprint density at radius 3 is 2.41 bits per heavy atom. The molecule has 0 unspecified atom stereocenters. The quantitative estimate of drug-likeness (QED) is 0.664. The predicted molar refractivity (Wildman–Crippen MR) is 118 cm³/mol. The van der Waals surface area contributed by atoms with Crippen LogP contribution in [-0.2, 0) is 11.2 Å². The third kappa shape index (κ3) is 4.27. The smallest absolute Gasteiger partial charge is 0.230 e. The largest absolute Gasteiger partial charge is 0.497 e. The van der Waals surface area contributed by atoms with Crippen molar-refractivity contribution in [3.05, 3.63) is 76.5 Å². The molecule has 146 valence electrons. The molecule has 1 atom stereocenters. The highest BCUT2D eigenvalue weighted by Crippen LogP contribution is 2.34. The summed E-state index contributed by atoms with van der Waals surface area (Å²) >= 11 is 1.57. The normalized spacial score (nSPS) is 15.6. The SMILES string of the molecule is COc1ccc([C@H]2C(C)=Nc3ccccc3N=C2NC(=O)Cc2cccs2)cc1. The average molecular weight is 404 g/mol. The second kappa shape index (κ2) is 8.41. The van der Waals surface area contributed by atoms with Crippen molar-refractivity contribution in [1.29, 1.82) is 0 Å². The van der Waals surface area contributed by atoms with E-state index in [1.54, 1.807) is 18.4 Å². The molecule has 1 aromatic heterocycles. The molecule has 0 saturated heterocycles. The first kappa shape index (κ1) is 19.1. The van der Waals surface area contributed by atoms with Crippen LogP contribution in [0.5, 0.6) is 5.75 Å². The van der Waals surface area contributed by atoms with Crippen LogP contribution >= 0.6 is 11.3 Å². The first-order chi connectivity index (χ1) is 14.1. The van der Waals surface area contributed by atoms with Gasteiger partial charge in [0.05, 0.1) is 30.8 Å². The molecule has 1 aliphatic heterocycles. The van der Waals surface area contributed by atoms with E-state index in [9.17, 15) is 4.79 Å². The highest BCUT2D eigenvalue weighted by atomic mass is 32.1. The molecule has 1 N–H and O–H groups in total. The third-order valence-electron chi connectivity index (χ3n) is 4.74. The number of hydrogen-bond acceptors (Lipinski definition) is 5. The lowest BCUT2D eigenvalue weighted by atomic mass is 9.93. The second-order valence-electron chi connectivity index (χ2n) is 6.75. The van der Waals surface area contributed by atoms with Crippen LogP contribution in [0.15, 0.2) is 76.0 Å². The molecule has 6 heteroatoms. The zero-order chi connectivity index (χ0) is 20.2. The van der Waals surface area contributed by atoms with Crippen molar-refractivity contribution in [2.24, 2.45) is 9.98 Å². The zero-order valence-electron chi connectivity index (χ0n) is 16.3. The minimum absolute atomic E-state index is 0.0862. The number of rotatable bonds is 4. The number of hydrogen-bond donors (Lipinski definition) is 1. The number of thiophene rings is 1. The Labute approximate surface area is 173 Å². The molecule has 3 aromatic rings. The average Bonchev–Trinajstić information content (AvgIpc) is 3.18. The Morgan fingerprint density at radius 2 is 1.76 bits per heavy atom. The minimum atomic E-state index is -0.249. The van der Waals surface area contributed by atoms with Crippen molar-refractivity contribution >= 4 is 40.2 Å². The molecule has 5 nitrogen and oxygen atoms in total. The Morgan fingerprint density at radius 1 is 1.03 bits per heavy atom. The number of aliphatic imine (C=N–C) groups is 2. The fourth-order valence-corrected chi connectivity index (χ4v) is 4.06. The van der Waals surface area contributed by atoms with E-state index in [0.717, 1.165) is 33.3 Å². The maximum absolute atomic E-state index is 12.7. The number of ether oxygens (including phenoxy) is 1. The lowest BCUT2D eigenvalue weighted by molar-refractivity contribution is -0.119. The Bertz CT molecular complexity index is 1070. The lowest BCUT2D eigenvalue weighted by Gasteiger charge is -2.19. The van der Waals surface area contributed by atoms with Crippen LogP contribution in [0.25, 0.3) is 0 Å². The van der Waals surface area contributed by atoms with Gasteiger partial charge in [-0.2, -0.15) is 0 Å². The topological polar surface area (TPSA) is 63.1 Å². The highest BCUT2D eigenvalue weighted by Gasteiger charge is 2.26. The van der Waals surface area contributed by atoms with Crippen molar-refractivity contribution in [3.63, 3.8) is 0 Å². The van der Waals surface area contributed by atoms with Gasteiger partial charge in [0.15, 0.2) is 0 Å². The van der Waals surface area contributed by atoms with Gasteiger partial charge in [-0.05, 0) is 48.2 Å². The van der Waals surface area contributed by atoms with Crippen molar-refractivity contribution in [2.45, 2.75) is 19.3 Å². The van der Waals surface area contributed by atoms with Gasteiger partial charge in [-0.3, -0.25) is 9.79 Å². The number of carbonyl (C=O) groups is 1.